The zero-order chi connectivity index (χ0) is 14.8. The van der Waals surface area contributed by atoms with Crippen LogP contribution in [0.2, 0.25) is 0 Å². The van der Waals surface area contributed by atoms with Crippen molar-refractivity contribution in [2.75, 3.05) is 5.32 Å². The highest BCUT2D eigenvalue weighted by molar-refractivity contribution is 9.11. The van der Waals surface area contributed by atoms with Crippen LogP contribution < -0.4 is 5.32 Å². The second-order valence-corrected chi connectivity index (χ2v) is 7.26. The van der Waals surface area contributed by atoms with Gasteiger partial charge in [-0.15, -0.1) is 11.3 Å². The Bertz CT molecular complexity index is 783. The molecule has 0 fully saturated rings. The SMILES string of the molecule is Cc1ccc(Nc2nccc(-c3ccc(Br)s3)n2)cc1C. The van der Waals surface area contributed by atoms with Gasteiger partial charge in [0.15, 0.2) is 0 Å². The topological polar surface area (TPSA) is 37.8 Å². The molecule has 5 heteroatoms. The molecule has 0 aliphatic heterocycles. The van der Waals surface area contributed by atoms with Crippen LogP contribution in [0, 0.1) is 13.8 Å². The van der Waals surface area contributed by atoms with E-state index in [2.05, 4.69) is 63.3 Å². The van der Waals surface area contributed by atoms with Gasteiger partial charge < -0.3 is 5.32 Å². The van der Waals surface area contributed by atoms with E-state index in [-0.39, 0.29) is 0 Å². The standard InChI is InChI=1S/C16H14BrN3S/c1-10-3-4-12(9-11(10)2)19-16-18-8-7-13(20-16)14-5-6-15(17)21-14/h3-9H,1-2H3,(H,18,19,20). The zero-order valence-electron chi connectivity index (χ0n) is 11.7. The molecule has 0 saturated heterocycles. The number of anilines is 2. The van der Waals surface area contributed by atoms with E-state index < -0.39 is 0 Å². The summed E-state index contributed by atoms with van der Waals surface area (Å²) in [6.07, 6.45) is 1.78. The Labute approximate surface area is 136 Å². The number of nitrogens with one attached hydrogen (secondary N) is 1. The van der Waals surface area contributed by atoms with E-state index >= 15 is 0 Å². The lowest BCUT2D eigenvalue weighted by atomic mass is 10.1. The fourth-order valence-electron chi connectivity index (χ4n) is 1.96. The number of rotatable bonds is 3. The summed E-state index contributed by atoms with van der Waals surface area (Å²) in [4.78, 5) is 9.98. The molecule has 0 unspecified atom stereocenters. The van der Waals surface area contributed by atoms with Crippen LogP contribution in [0.4, 0.5) is 11.6 Å². The van der Waals surface area contributed by atoms with Gasteiger partial charge in [0.1, 0.15) is 0 Å². The van der Waals surface area contributed by atoms with Crippen LogP contribution in [0.3, 0.4) is 0 Å². The monoisotopic (exact) mass is 359 g/mol. The smallest absolute Gasteiger partial charge is 0.227 e. The van der Waals surface area contributed by atoms with Crippen LogP contribution in [0.1, 0.15) is 11.1 Å². The lowest BCUT2D eigenvalue weighted by molar-refractivity contribution is 1.17. The summed E-state index contributed by atoms with van der Waals surface area (Å²) in [5.41, 5.74) is 4.45. The predicted molar refractivity (Wildman–Crippen MR) is 92.2 cm³/mol. The summed E-state index contributed by atoms with van der Waals surface area (Å²) in [5.74, 6) is 0.611. The molecule has 3 nitrogen and oxygen atoms in total. The summed E-state index contributed by atoms with van der Waals surface area (Å²) >= 11 is 5.13. The van der Waals surface area contributed by atoms with Gasteiger partial charge in [-0.3, -0.25) is 0 Å². The number of benzene rings is 1. The maximum atomic E-state index is 4.57. The summed E-state index contributed by atoms with van der Waals surface area (Å²) in [5, 5.41) is 3.26. The van der Waals surface area contributed by atoms with Gasteiger partial charge in [0.25, 0.3) is 0 Å². The van der Waals surface area contributed by atoms with E-state index in [1.807, 2.05) is 18.2 Å². The molecule has 0 saturated carbocycles. The fraction of sp³-hybridized carbons (Fsp3) is 0.125. The van der Waals surface area contributed by atoms with Crippen molar-refractivity contribution in [3.63, 3.8) is 0 Å². The Kier molecular flexibility index (Phi) is 4.03. The zero-order valence-corrected chi connectivity index (χ0v) is 14.1. The number of nitrogens with zero attached hydrogens (tertiary/aromatic N) is 2. The summed E-state index contributed by atoms with van der Waals surface area (Å²) < 4.78 is 1.10. The third kappa shape index (κ3) is 3.31. The number of aryl methyl sites for hydroxylation is 2. The summed E-state index contributed by atoms with van der Waals surface area (Å²) in [6.45, 7) is 4.20. The first-order chi connectivity index (χ1) is 10.1. The minimum Gasteiger partial charge on any atom is -0.324 e. The van der Waals surface area contributed by atoms with Crippen LogP contribution >= 0.6 is 27.3 Å². The van der Waals surface area contributed by atoms with E-state index in [1.165, 1.54) is 11.1 Å². The largest absolute Gasteiger partial charge is 0.324 e. The van der Waals surface area contributed by atoms with Crippen molar-refractivity contribution in [2.45, 2.75) is 13.8 Å². The van der Waals surface area contributed by atoms with Gasteiger partial charge in [0.2, 0.25) is 5.95 Å². The second kappa shape index (κ2) is 5.95. The minimum absolute atomic E-state index is 0.611. The molecule has 0 spiro atoms. The van der Waals surface area contributed by atoms with Crippen molar-refractivity contribution in [1.29, 1.82) is 0 Å². The first kappa shape index (κ1) is 14.2. The summed E-state index contributed by atoms with van der Waals surface area (Å²) in [6, 6.07) is 12.2. The Balaban J connectivity index is 1.87. The van der Waals surface area contributed by atoms with Crippen molar-refractivity contribution < 1.29 is 0 Å². The minimum atomic E-state index is 0.611. The fourth-order valence-corrected chi connectivity index (χ4v) is 3.31. The molecule has 0 aliphatic rings. The van der Waals surface area contributed by atoms with Gasteiger partial charge in [0.05, 0.1) is 14.4 Å². The Morgan fingerprint density at radius 2 is 1.90 bits per heavy atom. The van der Waals surface area contributed by atoms with Crippen molar-refractivity contribution in [1.82, 2.24) is 9.97 Å². The highest BCUT2D eigenvalue weighted by atomic mass is 79.9. The number of halogens is 1. The molecule has 2 aromatic heterocycles. The van der Waals surface area contributed by atoms with Crippen LogP contribution in [-0.4, -0.2) is 9.97 Å². The third-order valence-electron chi connectivity index (χ3n) is 3.24. The predicted octanol–water partition coefficient (Wildman–Crippen LogP) is 5.33. The van der Waals surface area contributed by atoms with E-state index in [0.717, 1.165) is 20.0 Å². The summed E-state index contributed by atoms with van der Waals surface area (Å²) in [7, 11) is 0. The molecule has 0 radical (unpaired) electrons. The normalized spacial score (nSPS) is 10.6. The molecule has 0 amide bonds. The lowest BCUT2D eigenvalue weighted by Crippen LogP contribution is -1.98. The number of thiophene rings is 1. The van der Waals surface area contributed by atoms with Gasteiger partial charge >= 0.3 is 0 Å². The molecule has 106 valence electrons. The van der Waals surface area contributed by atoms with Gasteiger partial charge in [-0.2, -0.15) is 0 Å². The van der Waals surface area contributed by atoms with Gasteiger partial charge in [-0.05, 0) is 71.2 Å². The highest BCUT2D eigenvalue weighted by Crippen LogP contribution is 2.30. The maximum Gasteiger partial charge on any atom is 0.227 e. The first-order valence-corrected chi connectivity index (χ1v) is 8.16. The average molecular weight is 360 g/mol. The van der Waals surface area contributed by atoms with Crippen molar-refractivity contribution in [3.8, 4) is 10.6 Å². The molecule has 0 bridgehead atoms. The van der Waals surface area contributed by atoms with Crippen molar-refractivity contribution in [2.24, 2.45) is 0 Å². The molecule has 0 aliphatic carbocycles. The highest BCUT2D eigenvalue weighted by Gasteiger charge is 2.05. The molecule has 0 atom stereocenters. The van der Waals surface area contributed by atoms with Gasteiger partial charge in [-0.25, -0.2) is 9.97 Å². The van der Waals surface area contributed by atoms with Crippen molar-refractivity contribution in [3.05, 3.63) is 57.5 Å². The average Bonchev–Trinajstić information content (AvgIpc) is 2.90. The van der Waals surface area contributed by atoms with E-state index in [9.17, 15) is 0 Å². The van der Waals surface area contributed by atoms with E-state index in [4.69, 9.17) is 0 Å². The molecule has 1 N–H and O–H groups in total. The molecule has 3 aromatic rings. The molecule has 3 rings (SSSR count). The molecular formula is C16H14BrN3S. The van der Waals surface area contributed by atoms with Crippen LogP contribution in [0.15, 0.2) is 46.4 Å². The van der Waals surface area contributed by atoms with Crippen LogP contribution in [0.5, 0.6) is 0 Å². The molecule has 21 heavy (non-hydrogen) atoms. The Hall–Kier alpha value is -1.72. The number of aromatic nitrogens is 2. The van der Waals surface area contributed by atoms with Crippen LogP contribution in [0.25, 0.3) is 10.6 Å². The van der Waals surface area contributed by atoms with Gasteiger partial charge in [-0.1, -0.05) is 6.07 Å². The quantitative estimate of drug-likeness (QED) is 0.686. The number of hydrogen-bond donors (Lipinski definition) is 1. The first-order valence-electron chi connectivity index (χ1n) is 6.55. The molecule has 1 aromatic carbocycles. The number of hydrogen-bond acceptors (Lipinski definition) is 4. The van der Waals surface area contributed by atoms with E-state index in [0.29, 0.717) is 5.95 Å². The Morgan fingerprint density at radius 3 is 2.62 bits per heavy atom. The van der Waals surface area contributed by atoms with Crippen molar-refractivity contribution >= 4 is 38.9 Å². The van der Waals surface area contributed by atoms with Gasteiger partial charge in [0, 0.05) is 11.9 Å². The van der Waals surface area contributed by atoms with E-state index in [1.54, 1.807) is 17.5 Å². The second-order valence-electron chi connectivity index (χ2n) is 4.79. The lowest BCUT2D eigenvalue weighted by Gasteiger charge is -2.08. The molecule has 2 heterocycles. The maximum absolute atomic E-state index is 4.57. The molecular weight excluding hydrogens is 346 g/mol. The van der Waals surface area contributed by atoms with Crippen LogP contribution in [-0.2, 0) is 0 Å². The Morgan fingerprint density at radius 1 is 1.05 bits per heavy atom. The third-order valence-corrected chi connectivity index (χ3v) is 4.89.